The molecule has 1 aromatic rings. The number of nitrogens with zero attached hydrogens (tertiary/aromatic N) is 2. The number of rotatable bonds is 8. The van der Waals surface area contributed by atoms with Gasteiger partial charge < -0.3 is 20.9 Å². The second-order valence-corrected chi connectivity index (χ2v) is 8.47. The van der Waals surface area contributed by atoms with E-state index in [-0.39, 0.29) is 35.4 Å². The Bertz CT molecular complexity index is 694. The zero-order valence-corrected chi connectivity index (χ0v) is 21.6. The van der Waals surface area contributed by atoms with Gasteiger partial charge in [0.25, 0.3) is 5.91 Å². The van der Waals surface area contributed by atoms with Crippen LogP contribution >= 0.6 is 24.0 Å². The molecule has 1 aromatic carbocycles. The molecule has 1 amide bonds. The van der Waals surface area contributed by atoms with Gasteiger partial charge in [0.15, 0.2) is 5.96 Å². The fourth-order valence-corrected chi connectivity index (χ4v) is 4.23. The van der Waals surface area contributed by atoms with E-state index in [0.717, 1.165) is 43.5 Å². The van der Waals surface area contributed by atoms with Crippen LogP contribution in [0, 0.1) is 5.92 Å². The monoisotopic (exact) mass is 529 g/mol. The summed E-state index contributed by atoms with van der Waals surface area (Å²) in [4.78, 5) is 19.1. The molecule has 3 N–H and O–H groups in total. The van der Waals surface area contributed by atoms with E-state index in [0.29, 0.717) is 5.56 Å². The predicted octanol–water partition coefficient (Wildman–Crippen LogP) is 3.27. The molecule has 30 heavy (non-hydrogen) atoms. The summed E-state index contributed by atoms with van der Waals surface area (Å²) in [6, 6.07) is 7.79. The molecule has 0 bridgehead atoms. The molecule has 2 rings (SSSR count). The maximum atomic E-state index is 11.8. The first-order chi connectivity index (χ1) is 13.9. The van der Waals surface area contributed by atoms with Crippen molar-refractivity contribution in [3.05, 3.63) is 35.4 Å². The quantitative estimate of drug-likeness (QED) is 0.275. The van der Waals surface area contributed by atoms with Crippen LogP contribution in [0.25, 0.3) is 0 Å². The summed E-state index contributed by atoms with van der Waals surface area (Å²) >= 11 is 0. The van der Waals surface area contributed by atoms with Crippen LogP contribution in [-0.4, -0.2) is 63.1 Å². The van der Waals surface area contributed by atoms with Gasteiger partial charge in [-0.25, -0.2) is 0 Å². The van der Waals surface area contributed by atoms with Gasteiger partial charge in [0, 0.05) is 31.2 Å². The number of benzene rings is 1. The van der Waals surface area contributed by atoms with Gasteiger partial charge in [0.2, 0.25) is 0 Å². The second-order valence-electron chi connectivity index (χ2n) is 8.47. The van der Waals surface area contributed by atoms with Crippen LogP contribution in [0.5, 0.6) is 0 Å². The second kappa shape index (κ2) is 13.1. The van der Waals surface area contributed by atoms with Crippen molar-refractivity contribution in [3.8, 4) is 0 Å². The molecule has 0 aliphatic heterocycles. The molecule has 7 heteroatoms. The number of carbonyl (C=O) groups is 1. The van der Waals surface area contributed by atoms with Crippen LogP contribution in [0.1, 0.15) is 55.5 Å². The molecule has 0 spiro atoms. The number of hydrogen-bond acceptors (Lipinski definition) is 3. The van der Waals surface area contributed by atoms with Crippen molar-refractivity contribution in [1.29, 1.82) is 0 Å². The molecule has 0 aromatic heterocycles. The number of guanidine groups is 1. The lowest BCUT2D eigenvalue weighted by molar-refractivity contribution is 0.0845. The zero-order valence-electron chi connectivity index (χ0n) is 19.3. The molecule has 6 nitrogen and oxygen atoms in total. The average molecular weight is 530 g/mol. The van der Waals surface area contributed by atoms with Crippen molar-refractivity contribution in [2.75, 3.05) is 40.8 Å². The van der Waals surface area contributed by atoms with Crippen LogP contribution in [0.3, 0.4) is 0 Å². The lowest BCUT2D eigenvalue weighted by atomic mass is 9.75. The molecule has 0 radical (unpaired) electrons. The van der Waals surface area contributed by atoms with Crippen LogP contribution < -0.4 is 16.0 Å². The molecule has 0 heterocycles. The Kier molecular flexibility index (Phi) is 11.7. The highest BCUT2D eigenvalue weighted by molar-refractivity contribution is 14.0. The Hall–Kier alpha value is -1.35. The highest BCUT2D eigenvalue weighted by atomic mass is 127. The van der Waals surface area contributed by atoms with Gasteiger partial charge >= 0.3 is 0 Å². The first-order valence-corrected chi connectivity index (χ1v) is 10.9. The van der Waals surface area contributed by atoms with Crippen LogP contribution in [0.2, 0.25) is 0 Å². The Morgan fingerprint density at radius 1 is 1.30 bits per heavy atom. The fraction of sp³-hybridized carbons (Fsp3) is 0.652. The van der Waals surface area contributed by atoms with Gasteiger partial charge in [0.05, 0.1) is 6.54 Å². The fourth-order valence-electron chi connectivity index (χ4n) is 4.23. The van der Waals surface area contributed by atoms with Gasteiger partial charge in [-0.3, -0.25) is 9.79 Å². The smallest absolute Gasteiger partial charge is 0.251 e. The third-order valence-corrected chi connectivity index (χ3v) is 6.01. The largest absolute Gasteiger partial charge is 0.357 e. The first kappa shape index (κ1) is 26.7. The minimum atomic E-state index is -0.0506. The summed E-state index contributed by atoms with van der Waals surface area (Å²) in [7, 11) is 6.03. The molecular weight excluding hydrogens is 489 g/mol. The van der Waals surface area contributed by atoms with Crippen LogP contribution in [0.15, 0.2) is 29.3 Å². The zero-order chi connectivity index (χ0) is 21.3. The molecule has 170 valence electrons. The van der Waals surface area contributed by atoms with Crippen LogP contribution in [-0.2, 0) is 6.42 Å². The van der Waals surface area contributed by atoms with E-state index < -0.39 is 0 Å². The van der Waals surface area contributed by atoms with E-state index in [2.05, 4.69) is 54.9 Å². The van der Waals surface area contributed by atoms with Gasteiger partial charge in [-0.05, 0) is 63.9 Å². The first-order valence-electron chi connectivity index (χ1n) is 10.9. The Balaban J connectivity index is 0.00000450. The minimum absolute atomic E-state index is 0. The number of nitrogens with one attached hydrogen (secondary N) is 3. The van der Waals surface area contributed by atoms with Gasteiger partial charge in [-0.2, -0.15) is 0 Å². The third-order valence-electron chi connectivity index (χ3n) is 6.01. The molecule has 2 unspecified atom stereocenters. The van der Waals surface area contributed by atoms with E-state index in [1.807, 2.05) is 18.2 Å². The van der Waals surface area contributed by atoms with E-state index in [1.165, 1.54) is 25.7 Å². The lowest BCUT2D eigenvalue weighted by Gasteiger charge is -2.44. The van der Waals surface area contributed by atoms with Gasteiger partial charge in [0.1, 0.15) is 0 Å². The molecule has 1 aliphatic carbocycles. The average Bonchev–Trinajstić information content (AvgIpc) is 2.71. The van der Waals surface area contributed by atoms with Crippen molar-refractivity contribution in [2.45, 2.75) is 51.5 Å². The highest BCUT2D eigenvalue weighted by Gasteiger charge is 2.36. The Labute approximate surface area is 199 Å². The number of amides is 1. The summed E-state index contributed by atoms with van der Waals surface area (Å²) in [5, 5.41) is 9.50. The van der Waals surface area contributed by atoms with Crippen molar-refractivity contribution >= 4 is 35.8 Å². The van der Waals surface area contributed by atoms with Gasteiger partial charge in [-0.1, -0.05) is 31.9 Å². The van der Waals surface area contributed by atoms with Crippen molar-refractivity contribution in [2.24, 2.45) is 10.9 Å². The maximum absolute atomic E-state index is 11.8. The summed E-state index contributed by atoms with van der Waals surface area (Å²) in [6.45, 7) is 6.87. The number of aliphatic imine (C=N–C) groups is 1. The third kappa shape index (κ3) is 7.72. The number of carbonyl (C=O) groups excluding carboxylic acids is 1. The molecule has 2 atom stereocenters. The SMILES string of the molecule is CCNC(=NCC1(N(C)C)CCCC(C)C1)NCCc1cccc(C(=O)NC)c1.I. The molecule has 1 saturated carbocycles. The summed E-state index contributed by atoms with van der Waals surface area (Å²) in [6.07, 6.45) is 5.85. The van der Waals surface area contributed by atoms with E-state index in [1.54, 1.807) is 7.05 Å². The highest BCUT2D eigenvalue weighted by Crippen LogP contribution is 2.35. The summed E-state index contributed by atoms with van der Waals surface area (Å²) < 4.78 is 0. The van der Waals surface area contributed by atoms with E-state index in [4.69, 9.17) is 4.99 Å². The predicted molar refractivity (Wildman–Crippen MR) is 137 cm³/mol. The summed E-state index contributed by atoms with van der Waals surface area (Å²) in [5.41, 5.74) is 1.99. The van der Waals surface area contributed by atoms with Crippen molar-refractivity contribution in [1.82, 2.24) is 20.9 Å². The van der Waals surface area contributed by atoms with E-state index in [9.17, 15) is 4.79 Å². The number of likely N-dealkylation sites (N-methyl/N-ethyl adjacent to an activating group) is 1. The number of hydrogen-bond donors (Lipinski definition) is 3. The van der Waals surface area contributed by atoms with Crippen molar-refractivity contribution in [3.63, 3.8) is 0 Å². The molecule has 1 aliphatic rings. The molecule has 0 saturated heterocycles. The number of halogens is 1. The molecular formula is C23H40IN5O. The summed E-state index contributed by atoms with van der Waals surface area (Å²) in [5.74, 6) is 1.57. The normalized spacial score (nSPS) is 21.7. The Morgan fingerprint density at radius 2 is 2.07 bits per heavy atom. The standard InChI is InChI=1S/C23H39N5O.HI/c1-6-25-22(27-17-23(28(4)5)13-8-9-18(2)16-23)26-14-12-19-10-7-11-20(15-19)21(29)24-3;/h7,10-11,15,18H,6,8-9,12-14,16-17H2,1-5H3,(H,24,29)(H2,25,26,27);1H. The maximum Gasteiger partial charge on any atom is 0.251 e. The van der Waals surface area contributed by atoms with Crippen LogP contribution in [0.4, 0.5) is 0 Å². The van der Waals surface area contributed by atoms with Gasteiger partial charge in [-0.15, -0.1) is 24.0 Å². The molecule has 1 fully saturated rings. The van der Waals surface area contributed by atoms with Crippen molar-refractivity contribution < 1.29 is 4.79 Å². The topological polar surface area (TPSA) is 68.8 Å². The lowest BCUT2D eigenvalue weighted by Crippen LogP contribution is -2.51. The van der Waals surface area contributed by atoms with E-state index >= 15 is 0 Å². The minimum Gasteiger partial charge on any atom is -0.357 e. The Morgan fingerprint density at radius 3 is 2.70 bits per heavy atom.